The fraction of sp³-hybridized carbons (Fsp3) is 0.385. The van der Waals surface area contributed by atoms with Gasteiger partial charge in [-0.05, 0) is 17.7 Å². The molecule has 2 N–H and O–H groups in total. The number of phenols is 1. The van der Waals surface area contributed by atoms with Gasteiger partial charge in [0, 0.05) is 13.3 Å². The Morgan fingerprint density at radius 1 is 1.33 bits per heavy atom. The number of carbonyl (C=O) groups is 2. The quantitative estimate of drug-likeness (QED) is 0.747. The third-order valence-corrected chi connectivity index (χ3v) is 4.50. The van der Waals surface area contributed by atoms with Crippen molar-refractivity contribution in [2.45, 2.75) is 29.8 Å². The van der Waals surface area contributed by atoms with Gasteiger partial charge in [0.25, 0.3) is 9.84 Å². The van der Waals surface area contributed by atoms with Crippen LogP contribution in [0, 0.1) is 0 Å². The second-order valence-corrected chi connectivity index (χ2v) is 6.63. The number of benzene rings is 1. The Kier molecular flexibility index (Phi) is 5.82. The van der Waals surface area contributed by atoms with Crippen molar-refractivity contribution in [1.82, 2.24) is 5.32 Å². The van der Waals surface area contributed by atoms with E-state index in [1.165, 1.54) is 0 Å². The summed E-state index contributed by atoms with van der Waals surface area (Å²) < 4.78 is 66.0. The topological polar surface area (TPSA) is 110 Å². The van der Waals surface area contributed by atoms with Gasteiger partial charge in [-0.3, -0.25) is 4.79 Å². The first-order valence-corrected chi connectivity index (χ1v) is 7.86. The largest absolute Gasteiger partial charge is 0.508 e. The van der Waals surface area contributed by atoms with Crippen LogP contribution in [0.2, 0.25) is 0 Å². The summed E-state index contributed by atoms with van der Waals surface area (Å²) in [7, 11) is -4.76. The molecule has 0 aromatic heterocycles. The minimum absolute atomic E-state index is 0.408. The summed E-state index contributed by atoms with van der Waals surface area (Å²) in [6, 6.07) is 0.929. The summed E-state index contributed by atoms with van der Waals surface area (Å²) in [5.74, 6) is -2.33. The molecule has 134 valence electrons. The Labute approximate surface area is 135 Å². The van der Waals surface area contributed by atoms with Crippen molar-refractivity contribution in [3.63, 3.8) is 0 Å². The van der Waals surface area contributed by atoms with E-state index in [0.717, 1.165) is 26.2 Å². The molecule has 1 aromatic carbocycles. The van der Waals surface area contributed by atoms with Crippen molar-refractivity contribution in [3.05, 3.63) is 23.8 Å². The fourth-order valence-electron chi connectivity index (χ4n) is 1.89. The van der Waals surface area contributed by atoms with Gasteiger partial charge >= 0.3 is 11.5 Å². The molecule has 0 aliphatic rings. The predicted octanol–water partition coefficient (Wildman–Crippen LogP) is 0.906. The summed E-state index contributed by atoms with van der Waals surface area (Å²) >= 11 is 0. The average molecular weight is 369 g/mol. The number of amides is 1. The van der Waals surface area contributed by atoms with Crippen LogP contribution in [0.1, 0.15) is 12.5 Å². The van der Waals surface area contributed by atoms with Crippen LogP contribution in [0.15, 0.2) is 23.1 Å². The van der Waals surface area contributed by atoms with E-state index in [4.69, 9.17) is 0 Å². The standard InChI is InChI=1S/C13H14F3NO6S/c1-7(18)17-10(12(20)23-2)5-8-3-4-9(19)6-11(8)24(21,22)13(14,15)16/h3-4,6,10,19H,5H2,1-2H3,(H,17,18)/t10-/m0/s1. The molecule has 0 heterocycles. The predicted molar refractivity (Wildman–Crippen MR) is 74.7 cm³/mol. The Hall–Kier alpha value is -2.30. The first-order valence-electron chi connectivity index (χ1n) is 6.38. The molecule has 11 heteroatoms. The number of phenolic OH excluding ortho intramolecular Hbond substituents is 1. The molecule has 1 atom stereocenters. The van der Waals surface area contributed by atoms with Gasteiger partial charge < -0.3 is 15.2 Å². The number of halogens is 3. The minimum atomic E-state index is -5.76. The van der Waals surface area contributed by atoms with E-state index in [1.807, 2.05) is 0 Å². The normalized spacial score (nSPS) is 13.2. The van der Waals surface area contributed by atoms with Crippen LogP contribution in [0.5, 0.6) is 5.75 Å². The Morgan fingerprint density at radius 3 is 2.38 bits per heavy atom. The van der Waals surface area contributed by atoms with E-state index in [9.17, 15) is 36.3 Å². The van der Waals surface area contributed by atoms with Crippen LogP contribution in [-0.4, -0.2) is 44.1 Å². The summed E-state index contributed by atoms with van der Waals surface area (Å²) in [6.07, 6.45) is -0.572. The van der Waals surface area contributed by atoms with E-state index in [2.05, 4.69) is 10.1 Å². The Balaban J connectivity index is 3.39. The number of rotatable bonds is 5. The molecular weight excluding hydrogens is 355 g/mol. The van der Waals surface area contributed by atoms with Crippen molar-refractivity contribution in [1.29, 1.82) is 0 Å². The SMILES string of the molecule is COC(=O)[C@H](Cc1ccc(O)cc1S(=O)(=O)C(F)(F)F)NC(C)=O. The average Bonchev–Trinajstić information content (AvgIpc) is 2.45. The maximum absolute atomic E-state index is 12.8. The van der Waals surface area contributed by atoms with Crippen LogP contribution in [0.25, 0.3) is 0 Å². The lowest BCUT2D eigenvalue weighted by Gasteiger charge is -2.18. The van der Waals surface area contributed by atoms with Crippen LogP contribution in [0.3, 0.4) is 0 Å². The summed E-state index contributed by atoms with van der Waals surface area (Å²) in [6.45, 7) is 1.07. The van der Waals surface area contributed by atoms with E-state index in [0.29, 0.717) is 6.07 Å². The van der Waals surface area contributed by atoms with Crippen LogP contribution < -0.4 is 5.32 Å². The van der Waals surface area contributed by atoms with Gasteiger partial charge in [-0.2, -0.15) is 13.2 Å². The molecule has 7 nitrogen and oxygen atoms in total. The van der Waals surface area contributed by atoms with Crippen molar-refractivity contribution < 1.29 is 41.0 Å². The molecule has 0 spiro atoms. The third kappa shape index (κ3) is 4.37. The van der Waals surface area contributed by atoms with Gasteiger partial charge in [0.05, 0.1) is 12.0 Å². The molecule has 0 aliphatic heterocycles. The van der Waals surface area contributed by atoms with E-state index in [1.54, 1.807) is 0 Å². The first-order chi connectivity index (χ1) is 10.9. The van der Waals surface area contributed by atoms with E-state index in [-0.39, 0.29) is 0 Å². The van der Waals surface area contributed by atoms with Crippen molar-refractivity contribution in [2.24, 2.45) is 0 Å². The maximum atomic E-state index is 12.8. The summed E-state index contributed by atoms with van der Waals surface area (Å²) in [5.41, 5.74) is -6.00. The fourth-order valence-corrected chi connectivity index (χ4v) is 2.91. The van der Waals surface area contributed by atoms with Gasteiger partial charge in [0.15, 0.2) is 0 Å². The van der Waals surface area contributed by atoms with Crippen molar-refractivity contribution >= 4 is 21.7 Å². The smallest absolute Gasteiger partial charge is 0.501 e. The molecule has 0 saturated carbocycles. The second kappa shape index (κ2) is 7.07. The number of hydrogen-bond acceptors (Lipinski definition) is 6. The molecule has 0 fully saturated rings. The zero-order valence-electron chi connectivity index (χ0n) is 12.5. The Morgan fingerprint density at radius 2 is 1.92 bits per heavy atom. The molecule has 0 radical (unpaired) electrons. The lowest BCUT2D eigenvalue weighted by molar-refractivity contribution is -0.144. The van der Waals surface area contributed by atoms with Gasteiger partial charge in [-0.15, -0.1) is 0 Å². The number of aromatic hydroxyl groups is 1. The van der Waals surface area contributed by atoms with Crippen LogP contribution in [-0.2, 0) is 30.6 Å². The minimum Gasteiger partial charge on any atom is -0.508 e. The maximum Gasteiger partial charge on any atom is 0.501 e. The number of nitrogens with one attached hydrogen (secondary N) is 1. The highest BCUT2D eigenvalue weighted by molar-refractivity contribution is 7.92. The van der Waals surface area contributed by atoms with Crippen molar-refractivity contribution in [2.75, 3.05) is 7.11 Å². The number of methoxy groups -OCH3 is 1. The zero-order chi connectivity index (χ0) is 18.7. The lowest BCUT2D eigenvalue weighted by atomic mass is 10.1. The van der Waals surface area contributed by atoms with Crippen LogP contribution >= 0.6 is 0 Å². The molecule has 1 aromatic rings. The second-order valence-electron chi connectivity index (χ2n) is 4.72. The van der Waals surface area contributed by atoms with E-state index >= 15 is 0 Å². The number of alkyl halides is 3. The molecule has 0 saturated heterocycles. The number of esters is 1. The highest BCUT2D eigenvalue weighted by Crippen LogP contribution is 2.34. The van der Waals surface area contributed by atoms with Crippen LogP contribution in [0.4, 0.5) is 13.2 Å². The van der Waals surface area contributed by atoms with Gasteiger partial charge in [-0.1, -0.05) is 6.07 Å². The molecule has 24 heavy (non-hydrogen) atoms. The monoisotopic (exact) mass is 369 g/mol. The number of ether oxygens (including phenoxy) is 1. The first kappa shape index (κ1) is 19.7. The van der Waals surface area contributed by atoms with Gasteiger partial charge in [0.2, 0.25) is 5.91 Å². The molecule has 1 rings (SSSR count). The lowest BCUT2D eigenvalue weighted by Crippen LogP contribution is -2.42. The Bertz CT molecular complexity index is 745. The molecular formula is C13H14F3NO6S. The number of hydrogen-bond donors (Lipinski definition) is 2. The van der Waals surface area contributed by atoms with Crippen molar-refractivity contribution in [3.8, 4) is 5.75 Å². The van der Waals surface area contributed by atoms with Gasteiger partial charge in [-0.25, -0.2) is 13.2 Å². The molecule has 0 unspecified atom stereocenters. The summed E-state index contributed by atoms with van der Waals surface area (Å²) in [4.78, 5) is 21.5. The number of sulfone groups is 1. The highest BCUT2D eigenvalue weighted by Gasteiger charge is 2.48. The molecule has 0 aliphatic carbocycles. The molecule has 1 amide bonds. The van der Waals surface area contributed by atoms with Gasteiger partial charge in [0.1, 0.15) is 11.8 Å². The zero-order valence-corrected chi connectivity index (χ0v) is 13.4. The third-order valence-electron chi connectivity index (χ3n) is 2.93. The highest BCUT2D eigenvalue weighted by atomic mass is 32.2. The summed E-state index contributed by atoms with van der Waals surface area (Å²) in [5, 5.41) is 11.5. The number of carbonyl (C=O) groups excluding carboxylic acids is 2. The molecule has 0 bridgehead atoms. The van der Waals surface area contributed by atoms with E-state index < -0.39 is 55.9 Å².